The third kappa shape index (κ3) is 2.29. The van der Waals surface area contributed by atoms with Crippen LogP contribution in [0.15, 0.2) is 12.5 Å². The van der Waals surface area contributed by atoms with Crippen molar-refractivity contribution in [3.63, 3.8) is 0 Å². The summed E-state index contributed by atoms with van der Waals surface area (Å²) in [6.07, 6.45) is 3.90. The number of amides is 1. The highest BCUT2D eigenvalue weighted by Gasteiger charge is 2.24. The van der Waals surface area contributed by atoms with Gasteiger partial charge in [-0.25, -0.2) is 9.67 Å². The largest absolute Gasteiger partial charge is 0.378 e. The maximum atomic E-state index is 12.4. The van der Waals surface area contributed by atoms with Gasteiger partial charge in [-0.05, 0) is 6.42 Å². The summed E-state index contributed by atoms with van der Waals surface area (Å²) in [5.41, 5.74) is 2.23. The van der Waals surface area contributed by atoms with Crippen molar-refractivity contribution in [3.8, 4) is 0 Å². The Morgan fingerprint density at radius 2 is 2.40 bits per heavy atom. The van der Waals surface area contributed by atoms with Crippen molar-refractivity contribution in [1.82, 2.24) is 29.9 Å². The lowest BCUT2D eigenvalue weighted by Crippen LogP contribution is -2.31. The third-order valence-corrected chi connectivity index (χ3v) is 3.35. The number of rotatable bonds is 3. The average molecular weight is 276 g/mol. The van der Waals surface area contributed by atoms with Gasteiger partial charge in [0.25, 0.3) is 5.91 Å². The summed E-state index contributed by atoms with van der Waals surface area (Å²) in [5, 5.41) is 8.24. The minimum Gasteiger partial charge on any atom is -0.378 e. The van der Waals surface area contributed by atoms with Crippen molar-refractivity contribution >= 4 is 5.91 Å². The summed E-state index contributed by atoms with van der Waals surface area (Å²) in [6, 6.07) is 0. The monoisotopic (exact) mass is 276 g/mol. The van der Waals surface area contributed by atoms with Crippen LogP contribution in [0, 0.1) is 0 Å². The van der Waals surface area contributed by atoms with Crippen LogP contribution < -0.4 is 0 Å². The van der Waals surface area contributed by atoms with Gasteiger partial charge in [0.1, 0.15) is 11.4 Å². The summed E-state index contributed by atoms with van der Waals surface area (Å²) in [5.74, 6) is -0.0551. The molecule has 3 heterocycles. The van der Waals surface area contributed by atoms with Gasteiger partial charge >= 0.3 is 0 Å². The standard InChI is InChI=1S/C12H16N6O2/c1-20-7-10-11-6-17(3-2-4-18(11)16-15-10)12(19)9-5-13-8-14-9/h5,8H,2-4,6-7H2,1H3,(H,13,14). The zero-order chi connectivity index (χ0) is 13.9. The molecule has 0 aromatic carbocycles. The number of imidazole rings is 1. The highest BCUT2D eigenvalue weighted by molar-refractivity contribution is 5.92. The van der Waals surface area contributed by atoms with Crippen LogP contribution in [0.4, 0.5) is 0 Å². The molecule has 2 aromatic heterocycles. The van der Waals surface area contributed by atoms with Gasteiger partial charge in [0.2, 0.25) is 0 Å². The highest BCUT2D eigenvalue weighted by Crippen LogP contribution is 2.16. The van der Waals surface area contributed by atoms with Crippen molar-refractivity contribution in [1.29, 1.82) is 0 Å². The third-order valence-electron chi connectivity index (χ3n) is 3.35. The number of aromatic amines is 1. The van der Waals surface area contributed by atoms with E-state index in [4.69, 9.17) is 4.74 Å². The number of aromatic nitrogens is 5. The summed E-state index contributed by atoms with van der Waals surface area (Å²) >= 11 is 0. The fourth-order valence-electron chi connectivity index (χ4n) is 2.36. The van der Waals surface area contributed by atoms with Crippen molar-refractivity contribution in [2.24, 2.45) is 0 Å². The van der Waals surface area contributed by atoms with E-state index in [1.807, 2.05) is 4.68 Å². The summed E-state index contributed by atoms with van der Waals surface area (Å²) in [6.45, 7) is 2.34. The molecular formula is C12H16N6O2. The number of hydrogen-bond acceptors (Lipinski definition) is 5. The number of ether oxygens (including phenoxy) is 1. The molecule has 0 aliphatic carbocycles. The molecule has 1 N–H and O–H groups in total. The molecule has 1 aliphatic rings. The van der Waals surface area contributed by atoms with E-state index in [9.17, 15) is 4.79 Å². The Morgan fingerprint density at radius 3 is 3.15 bits per heavy atom. The minimum absolute atomic E-state index is 0.0551. The number of H-pyrrole nitrogens is 1. The van der Waals surface area contributed by atoms with Gasteiger partial charge in [-0.2, -0.15) is 0 Å². The molecule has 0 saturated carbocycles. The number of nitrogens with zero attached hydrogens (tertiary/aromatic N) is 5. The molecular weight excluding hydrogens is 260 g/mol. The molecule has 1 aliphatic heterocycles. The Hall–Kier alpha value is -2.22. The van der Waals surface area contributed by atoms with E-state index in [0.717, 1.165) is 24.4 Å². The summed E-state index contributed by atoms with van der Waals surface area (Å²) in [7, 11) is 1.62. The zero-order valence-electron chi connectivity index (χ0n) is 11.2. The molecule has 0 fully saturated rings. The van der Waals surface area contributed by atoms with E-state index >= 15 is 0 Å². The van der Waals surface area contributed by atoms with Crippen LogP contribution in [0.5, 0.6) is 0 Å². The normalized spacial score (nSPS) is 14.9. The Bertz CT molecular complexity index is 591. The van der Waals surface area contributed by atoms with Crippen LogP contribution in [0.1, 0.15) is 28.3 Å². The SMILES string of the molecule is COCc1nnn2c1CN(C(=O)c1cnc[nH]1)CCC2. The molecule has 0 atom stereocenters. The van der Waals surface area contributed by atoms with Crippen LogP contribution in [0.2, 0.25) is 0 Å². The molecule has 0 saturated heterocycles. The first-order valence-corrected chi connectivity index (χ1v) is 6.47. The maximum Gasteiger partial charge on any atom is 0.272 e. The first kappa shape index (κ1) is 12.8. The van der Waals surface area contributed by atoms with Gasteiger partial charge in [0, 0.05) is 20.2 Å². The van der Waals surface area contributed by atoms with Crippen molar-refractivity contribution < 1.29 is 9.53 Å². The van der Waals surface area contributed by atoms with Crippen LogP contribution in [-0.2, 0) is 24.4 Å². The van der Waals surface area contributed by atoms with Gasteiger partial charge in [-0.3, -0.25) is 4.79 Å². The van der Waals surface area contributed by atoms with Crippen LogP contribution >= 0.6 is 0 Å². The molecule has 3 rings (SSSR count). The maximum absolute atomic E-state index is 12.4. The van der Waals surface area contributed by atoms with E-state index in [1.54, 1.807) is 18.2 Å². The molecule has 8 heteroatoms. The second-order valence-corrected chi connectivity index (χ2v) is 4.68. The Balaban J connectivity index is 1.85. The number of hydrogen-bond donors (Lipinski definition) is 1. The van der Waals surface area contributed by atoms with E-state index in [1.165, 1.54) is 6.33 Å². The fourth-order valence-corrected chi connectivity index (χ4v) is 2.36. The topological polar surface area (TPSA) is 88.9 Å². The molecule has 2 aromatic rings. The van der Waals surface area contributed by atoms with E-state index < -0.39 is 0 Å². The number of carbonyl (C=O) groups excluding carboxylic acids is 1. The lowest BCUT2D eigenvalue weighted by Gasteiger charge is -2.19. The van der Waals surface area contributed by atoms with Crippen molar-refractivity contribution in [2.45, 2.75) is 26.1 Å². The number of nitrogens with one attached hydrogen (secondary N) is 1. The van der Waals surface area contributed by atoms with Gasteiger partial charge < -0.3 is 14.6 Å². The minimum atomic E-state index is -0.0551. The molecule has 0 spiro atoms. The predicted molar refractivity (Wildman–Crippen MR) is 68.7 cm³/mol. The average Bonchev–Trinajstić information content (AvgIpc) is 3.05. The molecule has 1 amide bonds. The van der Waals surface area contributed by atoms with Gasteiger partial charge in [-0.1, -0.05) is 5.21 Å². The summed E-state index contributed by atoms with van der Waals surface area (Å²) < 4.78 is 6.98. The van der Waals surface area contributed by atoms with Crippen molar-refractivity contribution in [2.75, 3.05) is 13.7 Å². The van der Waals surface area contributed by atoms with Crippen LogP contribution in [0.3, 0.4) is 0 Å². The van der Waals surface area contributed by atoms with Gasteiger partial charge in [0.15, 0.2) is 0 Å². The second-order valence-electron chi connectivity index (χ2n) is 4.68. The first-order chi connectivity index (χ1) is 9.79. The smallest absolute Gasteiger partial charge is 0.272 e. The van der Waals surface area contributed by atoms with Crippen LogP contribution in [0.25, 0.3) is 0 Å². The number of fused-ring (bicyclic) bond motifs is 1. The van der Waals surface area contributed by atoms with Gasteiger partial charge in [0.05, 0.1) is 31.4 Å². The van der Waals surface area contributed by atoms with E-state index in [0.29, 0.717) is 25.4 Å². The molecule has 20 heavy (non-hydrogen) atoms. The van der Waals surface area contributed by atoms with Crippen molar-refractivity contribution in [3.05, 3.63) is 29.6 Å². The first-order valence-electron chi connectivity index (χ1n) is 6.47. The molecule has 0 unspecified atom stereocenters. The highest BCUT2D eigenvalue weighted by atomic mass is 16.5. The molecule has 8 nitrogen and oxygen atoms in total. The molecule has 0 radical (unpaired) electrons. The second kappa shape index (κ2) is 5.41. The summed E-state index contributed by atoms with van der Waals surface area (Å²) in [4.78, 5) is 20.9. The van der Waals surface area contributed by atoms with E-state index in [-0.39, 0.29) is 5.91 Å². The quantitative estimate of drug-likeness (QED) is 0.864. The Kier molecular flexibility index (Phi) is 3.46. The Morgan fingerprint density at radius 1 is 1.50 bits per heavy atom. The fraction of sp³-hybridized carbons (Fsp3) is 0.500. The number of carbonyl (C=O) groups is 1. The molecule has 0 bridgehead atoms. The predicted octanol–water partition coefficient (Wildman–Crippen LogP) is 0.194. The lowest BCUT2D eigenvalue weighted by molar-refractivity contribution is 0.0738. The molecule has 106 valence electrons. The van der Waals surface area contributed by atoms with Crippen LogP contribution in [-0.4, -0.2) is 49.4 Å². The lowest BCUT2D eigenvalue weighted by atomic mass is 10.3. The zero-order valence-corrected chi connectivity index (χ0v) is 11.2. The van der Waals surface area contributed by atoms with E-state index in [2.05, 4.69) is 20.3 Å². The number of methoxy groups -OCH3 is 1. The van der Waals surface area contributed by atoms with Gasteiger partial charge in [-0.15, -0.1) is 5.10 Å². The Labute approximate surface area is 115 Å². The number of aryl methyl sites for hydroxylation is 1.